The zero-order valence-electron chi connectivity index (χ0n) is 23.9. The molecule has 3 heteroatoms. The van der Waals surface area contributed by atoms with Crippen LogP contribution in [0.1, 0.15) is 113 Å². The van der Waals surface area contributed by atoms with Crippen molar-refractivity contribution in [1.29, 1.82) is 0 Å². The minimum absolute atomic E-state index is 0.00195. The summed E-state index contributed by atoms with van der Waals surface area (Å²) in [5.74, 6) is 2.79. The average Bonchev–Trinajstić information content (AvgIpc) is 2.75. The molecule has 0 spiro atoms. The zero-order valence-corrected chi connectivity index (χ0v) is 23.9. The molecule has 5 aliphatic carbocycles. The molecule has 5 rings (SSSR count). The summed E-state index contributed by atoms with van der Waals surface area (Å²) < 4.78 is 5.89. The Kier molecular flexibility index (Phi) is 5.78. The molecule has 0 aliphatic heterocycles. The number of esters is 1. The lowest BCUT2D eigenvalue weighted by Crippen LogP contribution is -2.69. The lowest BCUT2D eigenvalue weighted by Gasteiger charge is -2.74. The van der Waals surface area contributed by atoms with E-state index < -0.39 is 0 Å². The van der Waals surface area contributed by atoms with Crippen molar-refractivity contribution in [3.05, 3.63) is 12.2 Å². The van der Waals surface area contributed by atoms with E-state index in [1.807, 2.05) is 0 Å². The van der Waals surface area contributed by atoms with Crippen LogP contribution in [0.25, 0.3) is 0 Å². The maximum atomic E-state index is 11.9. The van der Waals surface area contributed by atoms with Crippen LogP contribution in [0.4, 0.5) is 0 Å². The summed E-state index contributed by atoms with van der Waals surface area (Å²) in [5, 5.41) is 11.8. The summed E-state index contributed by atoms with van der Waals surface area (Å²) in [5.41, 5.74) is 2.08. The predicted octanol–water partition coefficient (Wildman–Crippen LogP) is 7.57. The SMILES string of the molecule is C=C1CC[C@@]2(C)[C@@H]([C@H]3CC[C@@H]4[C@@]5(C)CC[C@H](OC(C)=O)C(C)(C)[C@@H]5CC[C@@]4(C)[C@]3(C)C[C@H]2O)[C@H]1C. The Bertz CT molecular complexity index is 906. The number of ether oxygens (including phenoxy) is 1. The van der Waals surface area contributed by atoms with Gasteiger partial charge in [-0.05, 0) is 109 Å². The third-order valence-corrected chi connectivity index (χ3v) is 13.9. The molecule has 0 unspecified atom stereocenters. The van der Waals surface area contributed by atoms with E-state index in [9.17, 15) is 9.90 Å². The van der Waals surface area contributed by atoms with E-state index in [2.05, 4.69) is 55.0 Å². The number of aliphatic hydroxyl groups excluding tert-OH is 1. The van der Waals surface area contributed by atoms with Crippen molar-refractivity contribution in [1.82, 2.24) is 0 Å². The second-order valence-electron chi connectivity index (χ2n) is 15.3. The molecule has 1 N–H and O–H groups in total. The van der Waals surface area contributed by atoms with Gasteiger partial charge >= 0.3 is 5.97 Å². The molecule has 3 nitrogen and oxygen atoms in total. The summed E-state index contributed by atoms with van der Waals surface area (Å²) in [6.45, 7) is 23.4. The van der Waals surface area contributed by atoms with Gasteiger partial charge in [0.2, 0.25) is 0 Å². The van der Waals surface area contributed by atoms with E-state index in [1.54, 1.807) is 6.92 Å². The Hall–Kier alpha value is -0.830. The van der Waals surface area contributed by atoms with Gasteiger partial charge in [0, 0.05) is 12.3 Å². The van der Waals surface area contributed by atoms with Gasteiger partial charge in [0.05, 0.1) is 6.10 Å². The van der Waals surface area contributed by atoms with E-state index in [1.165, 1.54) is 31.3 Å². The Morgan fingerprint density at radius 3 is 2.26 bits per heavy atom. The second kappa shape index (κ2) is 7.84. The molecule has 0 radical (unpaired) electrons. The fraction of sp³-hybridized carbons (Fsp3) is 0.906. The number of allylic oxidation sites excluding steroid dienone is 1. The summed E-state index contributed by atoms with van der Waals surface area (Å²) >= 11 is 0. The van der Waals surface area contributed by atoms with Crippen LogP contribution in [0.3, 0.4) is 0 Å². The number of hydrogen-bond donors (Lipinski definition) is 1. The first kappa shape index (κ1) is 25.8. The molecule has 0 saturated heterocycles. The molecular formula is C32H52O3. The van der Waals surface area contributed by atoms with Crippen molar-refractivity contribution in [2.75, 3.05) is 0 Å². The highest BCUT2D eigenvalue weighted by atomic mass is 16.5. The molecule has 0 heterocycles. The molecule has 0 aromatic carbocycles. The van der Waals surface area contributed by atoms with Crippen molar-refractivity contribution in [2.24, 2.45) is 56.7 Å². The number of hydrogen-bond acceptors (Lipinski definition) is 3. The van der Waals surface area contributed by atoms with Gasteiger partial charge in [-0.1, -0.05) is 60.6 Å². The second-order valence-corrected chi connectivity index (χ2v) is 15.3. The standard InChI is InChI=1S/C32H52O3/c1-19-12-15-30(7)25(34)18-32(9)22(27(30)20(19)2)10-11-24-29(6)16-14-26(35-21(3)33)28(4,5)23(29)13-17-31(24,32)8/h20,22-27,34H,1,10-18H2,2-9H3/t20-,22+,23-,24+,25+,26-,27+,29-,30+,31+,32+/m0/s1. The van der Waals surface area contributed by atoms with Crippen LogP contribution >= 0.6 is 0 Å². The number of fused-ring (bicyclic) bond motifs is 7. The first-order valence-corrected chi connectivity index (χ1v) is 14.7. The first-order valence-electron chi connectivity index (χ1n) is 14.7. The molecule has 0 amide bonds. The van der Waals surface area contributed by atoms with Crippen LogP contribution in [0.2, 0.25) is 0 Å². The average molecular weight is 485 g/mol. The van der Waals surface area contributed by atoms with Gasteiger partial charge in [0.1, 0.15) is 6.10 Å². The molecule has 35 heavy (non-hydrogen) atoms. The van der Waals surface area contributed by atoms with Crippen molar-refractivity contribution in [2.45, 2.75) is 125 Å². The highest BCUT2D eigenvalue weighted by Gasteiger charge is 2.71. The van der Waals surface area contributed by atoms with Gasteiger partial charge in [0.15, 0.2) is 0 Å². The van der Waals surface area contributed by atoms with Gasteiger partial charge < -0.3 is 9.84 Å². The number of carbonyl (C=O) groups is 1. The van der Waals surface area contributed by atoms with E-state index in [4.69, 9.17) is 4.74 Å². The smallest absolute Gasteiger partial charge is 0.302 e. The van der Waals surface area contributed by atoms with Crippen molar-refractivity contribution in [3.8, 4) is 0 Å². The van der Waals surface area contributed by atoms with E-state index in [-0.39, 0.29) is 45.3 Å². The molecule has 5 fully saturated rings. The lowest BCUT2D eigenvalue weighted by atomic mass is 9.31. The van der Waals surface area contributed by atoms with Crippen molar-refractivity contribution >= 4 is 5.97 Å². The molecule has 5 saturated carbocycles. The fourth-order valence-electron chi connectivity index (χ4n) is 11.8. The molecule has 0 aromatic rings. The van der Waals surface area contributed by atoms with Crippen molar-refractivity contribution in [3.63, 3.8) is 0 Å². The maximum absolute atomic E-state index is 11.9. The third-order valence-electron chi connectivity index (χ3n) is 13.9. The monoisotopic (exact) mass is 484 g/mol. The molecule has 0 bridgehead atoms. The lowest BCUT2D eigenvalue weighted by molar-refractivity contribution is -0.270. The quantitative estimate of drug-likeness (QED) is 0.308. The Morgan fingerprint density at radius 1 is 0.914 bits per heavy atom. The Balaban J connectivity index is 1.53. The van der Waals surface area contributed by atoms with Crippen LogP contribution in [0, 0.1) is 56.7 Å². The normalized spacial score (nSPS) is 55.1. The molecule has 11 atom stereocenters. The van der Waals surface area contributed by atoms with Crippen LogP contribution in [-0.4, -0.2) is 23.3 Å². The first-order chi connectivity index (χ1) is 16.1. The minimum atomic E-state index is -0.221. The third kappa shape index (κ3) is 3.21. The van der Waals surface area contributed by atoms with Gasteiger partial charge in [-0.25, -0.2) is 0 Å². The van der Waals surface area contributed by atoms with Crippen LogP contribution in [0.5, 0.6) is 0 Å². The van der Waals surface area contributed by atoms with E-state index in [0.717, 1.165) is 32.1 Å². The van der Waals surface area contributed by atoms with Crippen LogP contribution in [0.15, 0.2) is 12.2 Å². The summed E-state index contributed by atoms with van der Waals surface area (Å²) in [7, 11) is 0. The summed E-state index contributed by atoms with van der Waals surface area (Å²) in [4.78, 5) is 11.9. The van der Waals surface area contributed by atoms with Crippen LogP contribution in [-0.2, 0) is 9.53 Å². The number of carbonyl (C=O) groups excluding carboxylic acids is 1. The van der Waals surface area contributed by atoms with Gasteiger partial charge in [0.25, 0.3) is 0 Å². The van der Waals surface area contributed by atoms with Crippen molar-refractivity contribution < 1.29 is 14.6 Å². The number of aliphatic hydroxyl groups is 1. The Morgan fingerprint density at radius 2 is 1.60 bits per heavy atom. The molecule has 5 aliphatic rings. The van der Waals surface area contributed by atoms with E-state index in [0.29, 0.717) is 29.6 Å². The molecular weight excluding hydrogens is 432 g/mol. The fourth-order valence-corrected chi connectivity index (χ4v) is 11.8. The summed E-state index contributed by atoms with van der Waals surface area (Å²) in [6.07, 6.45) is 10.1. The highest BCUT2D eigenvalue weighted by Crippen LogP contribution is 2.77. The number of rotatable bonds is 1. The predicted molar refractivity (Wildman–Crippen MR) is 142 cm³/mol. The summed E-state index contributed by atoms with van der Waals surface area (Å²) in [6, 6.07) is 0. The molecule has 198 valence electrons. The van der Waals surface area contributed by atoms with E-state index >= 15 is 0 Å². The van der Waals surface area contributed by atoms with Gasteiger partial charge in [-0.15, -0.1) is 0 Å². The molecule has 0 aromatic heterocycles. The zero-order chi connectivity index (χ0) is 25.8. The topological polar surface area (TPSA) is 46.5 Å². The van der Waals surface area contributed by atoms with Gasteiger partial charge in [-0.3, -0.25) is 4.79 Å². The Labute approximate surface area is 214 Å². The highest BCUT2D eigenvalue weighted by molar-refractivity contribution is 5.66. The maximum Gasteiger partial charge on any atom is 0.302 e. The van der Waals surface area contributed by atoms with Gasteiger partial charge in [-0.2, -0.15) is 0 Å². The largest absolute Gasteiger partial charge is 0.462 e. The van der Waals surface area contributed by atoms with Crippen LogP contribution < -0.4 is 0 Å². The minimum Gasteiger partial charge on any atom is -0.462 e.